The Bertz CT molecular complexity index is 712. The molecule has 24 heavy (non-hydrogen) atoms. The van der Waals surface area contributed by atoms with Gasteiger partial charge < -0.3 is 10.1 Å². The topological polar surface area (TPSA) is 68.2 Å². The number of rotatable bonds is 6. The van der Waals surface area contributed by atoms with Crippen molar-refractivity contribution in [3.8, 4) is 5.69 Å². The summed E-state index contributed by atoms with van der Waals surface area (Å²) in [6, 6.07) is 8.76. The van der Waals surface area contributed by atoms with Gasteiger partial charge in [-0.25, -0.2) is 9.48 Å². The lowest BCUT2D eigenvalue weighted by molar-refractivity contribution is -0.00963. The lowest BCUT2D eigenvalue weighted by Gasteiger charge is -2.28. The molecule has 1 atom stereocenters. The van der Waals surface area contributed by atoms with Crippen LogP contribution in [0.4, 0.5) is 10.6 Å². The summed E-state index contributed by atoms with van der Waals surface area (Å²) < 4.78 is 7.24. The number of aromatic nitrogens is 2. The predicted octanol–water partition coefficient (Wildman–Crippen LogP) is 3.46. The fraction of sp³-hybridized carbons (Fsp3) is 0.412. The number of halogens is 1. The van der Waals surface area contributed by atoms with Crippen LogP contribution in [-0.2, 0) is 4.74 Å². The van der Waals surface area contributed by atoms with E-state index in [1.54, 1.807) is 36.2 Å². The quantitative estimate of drug-likeness (QED) is 0.840. The highest BCUT2D eigenvalue weighted by molar-refractivity contribution is 6.30. The van der Waals surface area contributed by atoms with Crippen LogP contribution in [0.5, 0.6) is 0 Å². The molecule has 2 amide bonds. The Morgan fingerprint density at radius 3 is 2.71 bits per heavy atom. The lowest BCUT2D eigenvalue weighted by atomic mass is 10.0. The highest BCUT2D eigenvalue weighted by atomic mass is 35.5. The standard InChI is InChI=1S/C17H21ClN4O2/c1-17(24-2,12-3-4-12)11-19-16(23)20-15-9-10-22(21-15)14-7-5-13(18)6-8-14/h5-10,12H,3-4,11H2,1-2H3,(H2,19,20,21,23). The molecule has 7 heteroatoms. The molecule has 3 rings (SSSR count). The highest BCUT2D eigenvalue weighted by Crippen LogP contribution is 2.41. The minimum Gasteiger partial charge on any atom is -0.376 e. The van der Waals surface area contributed by atoms with E-state index in [1.807, 2.05) is 19.1 Å². The Balaban J connectivity index is 1.56. The molecule has 1 saturated carbocycles. The fourth-order valence-electron chi connectivity index (χ4n) is 2.62. The van der Waals surface area contributed by atoms with Gasteiger partial charge in [0.05, 0.1) is 11.3 Å². The zero-order valence-corrected chi connectivity index (χ0v) is 14.5. The Morgan fingerprint density at radius 1 is 1.38 bits per heavy atom. The first kappa shape index (κ1) is 16.8. The minimum atomic E-state index is -0.306. The number of carbonyl (C=O) groups is 1. The number of urea groups is 1. The summed E-state index contributed by atoms with van der Waals surface area (Å²) in [5.41, 5.74) is 0.563. The van der Waals surface area contributed by atoms with Gasteiger partial charge in [0.2, 0.25) is 0 Å². The number of hydrogen-bond donors (Lipinski definition) is 2. The third-order valence-corrected chi connectivity index (χ3v) is 4.68. The van der Waals surface area contributed by atoms with Crippen LogP contribution in [0.25, 0.3) is 5.69 Å². The van der Waals surface area contributed by atoms with Gasteiger partial charge in [0, 0.05) is 30.9 Å². The zero-order valence-electron chi connectivity index (χ0n) is 13.8. The molecular weight excluding hydrogens is 328 g/mol. The summed E-state index contributed by atoms with van der Waals surface area (Å²) in [4.78, 5) is 12.1. The van der Waals surface area contributed by atoms with Crippen LogP contribution < -0.4 is 10.6 Å². The number of amides is 2. The maximum Gasteiger partial charge on any atom is 0.320 e. The second-order valence-corrected chi connectivity index (χ2v) is 6.66. The average molecular weight is 349 g/mol. The van der Waals surface area contributed by atoms with Gasteiger partial charge >= 0.3 is 6.03 Å². The number of carbonyl (C=O) groups excluding carboxylic acids is 1. The molecule has 128 valence electrons. The molecule has 0 aliphatic heterocycles. The van der Waals surface area contributed by atoms with Crippen molar-refractivity contribution in [2.24, 2.45) is 5.92 Å². The van der Waals surface area contributed by atoms with E-state index in [4.69, 9.17) is 16.3 Å². The Hall–Kier alpha value is -2.05. The molecule has 1 heterocycles. The van der Waals surface area contributed by atoms with Crippen LogP contribution in [-0.4, -0.2) is 35.1 Å². The highest BCUT2D eigenvalue weighted by Gasteiger charge is 2.41. The second kappa shape index (κ2) is 6.83. The molecule has 6 nitrogen and oxygen atoms in total. The third kappa shape index (κ3) is 3.88. The average Bonchev–Trinajstić information content (AvgIpc) is 3.34. The van der Waals surface area contributed by atoms with E-state index in [2.05, 4.69) is 15.7 Å². The monoisotopic (exact) mass is 348 g/mol. The normalized spacial score (nSPS) is 16.5. The van der Waals surface area contributed by atoms with Crippen LogP contribution in [0.3, 0.4) is 0 Å². The van der Waals surface area contributed by atoms with Crippen molar-refractivity contribution in [1.82, 2.24) is 15.1 Å². The second-order valence-electron chi connectivity index (χ2n) is 6.22. The predicted molar refractivity (Wildman–Crippen MR) is 93.7 cm³/mol. The SMILES string of the molecule is COC(C)(CNC(=O)Nc1ccn(-c2ccc(Cl)cc2)n1)C1CC1. The van der Waals surface area contributed by atoms with E-state index in [0.717, 1.165) is 18.5 Å². The molecule has 0 spiro atoms. The van der Waals surface area contributed by atoms with E-state index in [9.17, 15) is 4.79 Å². The Labute approximate surface area is 146 Å². The van der Waals surface area contributed by atoms with Crippen molar-refractivity contribution in [3.05, 3.63) is 41.6 Å². The van der Waals surface area contributed by atoms with E-state index < -0.39 is 0 Å². The van der Waals surface area contributed by atoms with Gasteiger partial charge in [0.25, 0.3) is 0 Å². The molecular formula is C17H21ClN4O2. The molecule has 2 aromatic rings. The van der Waals surface area contributed by atoms with Crippen LogP contribution in [0.2, 0.25) is 5.02 Å². The summed E-state index contributed by atoms with van der Waals surface area (Å²) in [7, 11) is 1.69. The Kier molecular flexibility index (Phi) is 4.78. The van der Waals surface area contributed by atoms with Crippen molar-refractivity contribution in [2.75, 3.05) is 19.0 Å². The van der Waals surface area contributed by atoms with E-state index >= 15 is 0 Å². The molecule has 1 aromatic carbocycles. The van der Waals surface area contributed by atoms with Crippen molar-refractivity contribution < 1.29 is 9.53 Å². The van der Waals surface area contributed by atoms with Gasteiger partial charge in [0.1, 0.15) is 0 Å². The number of benzene rings is 1. The molecule has 1 aliphatic rings. The first-order valence-electron chi connectivity index (χ1n) is 7.92. The van der Waals surface area contributed by atoms with Gasteiger partial charge in [-0.15, -0.1) is 5.10 Å². The maximum atomic E-state index is 12.1. The summed E-state index contributed by atoms with van der Waals surface area (Å²) >= 11 is 5.88. The number of nitrogens with one attached hydrogen (secondary N) is 2. The molecule has 0 radical (unpaired) electrons. The molecule has 1 fully saturated rings. The van der Waals surface area contributed by atoms with E-state index in [0.29, 0.717) is 23.3 Å². The first-order valence-corrected chi connectivity index (χ1v) is 8.29. The third-order valence-electron chi connectivity index (χ3n) is 4.43. The van der Waals surface area contributed by atoms with Gasteiger partial charge in [-0.2, -0.15) is 0 Å². The summed E-state index contributed by atoms with van der Waals surface area (Å²) in [5.74, 6) is 1.000. The Morgan fingerprint density at radius 2 is 2.08 bits per heavy atom. The van der Waals surface area contributed by atoms with Crippen molar-refractivity contribution in [3.63, 3.8) is 0 Å². The zero-order chi connectivity index (χ0) is 17.2. The van der Waals surface area contributed by atoms with Crippen molar-refractivity contribution in [1.29, 1.82) is 0 Å². The number of anilines is 1. The van der Waals surface area contributed by atoms with Crippen LogP contribution in [0.15, 0.2) is 36.5 Å². The summed E-state index contributed by atoms with van der Waals surface area (Å²) in [6.07, 6.45) is 4.08. The number of ether oxygens (including phenoxy) is 1. The molecule has 1 aliphatic carbocycles. The number of hydrogen-bond acceptors (Lipinski definition) is 3. The fourth-order valence-corrected chi connectivity index (χ4v) is 2.75. The lowest BCUT2D eigenvalue weighted by Crippen LogP contribution is -2.45. The van der Waals surface area contributed by atoms with Crippen LogP contribution >= 0.6 is 11.6 Å². The van der Waals surface area contributed by atoms with Crippen molar-refractivity contribution >= 4 is 23.4 Å². The van der Waals surface area contributed by atoms with Gasteiger partial charge in [0.15, 0.2) is 5.82 Å². The summed E-state index contributed by atoms with van der Waals surface area (Å²) in [6.45, 7) is 2.50. The van der Waals surface area contributed by atoms with Gasteiger partial charge in [-0.3, -0.25) is 5.32 Å². The summed E-state index contributed by atoms with van der Waals surface area (Å²) in [5, 5.41) is 10.6. The smallest absolute Gasteiger partial charge is 0.320 e. The van der Waals surface area contributed by atoms with Gasteiger partial charge in [-0.05, 0) is 49.9 Å². The van der Waals surface area contributed by atoms with Gasteiger partial charge in [-0.1, -0.05) is 11.6 Å². The minimum absolute atomic E-state index is 0.291. The molecule has 1 unspecified atom stereocenters. The van der Waals surface area contributed by atoms with Crippen LogP contribution in [0, 0.1) is 5.92 Å². The largest absolute Gasteiger partial charge is 0.376 e. The van der Waals surface area contributed by atoms with E-state index in [1.165, 1.54) is 0 Å². The molecule has 0 bridgehead atoms. The van der Waals surface area contributed by atoms with Crippen LogP contribution in [0.1, 0.15) is 19.8 Å². The first-order chi connectivity index (χ1) is 11.5. The number of nitrogens with zero attached hydrogens (tertiary/aromatic N) is 2. The molecule has 2 N–H and O–H groups in total. The molecule has 0 saturated heterocycles. The number of methoxy groups -OCH3 is 1. The van der Waals surface area contributed by atoms with E-state index in [-0.39, 0.29) is 11.6 Å². The van der Waals surface area contributed by atoms with Crippen molar-refractivity contribution in [2.45, 2.75) is 25.4 Å². The maximum absolute atomic E-state index is 12.1. The molecule has 1 aromatic heterocycles.